The second-order valence-electron chi connectivity index (χ2n) is 9.48. The van der Waals surface area contributed by atoms with E-state index in [1.54, 1.807) is 12.1 Å². The van der Waals surface area contributed by atoms with Crippen LogP contribution in [0.1, 0.15) is 11.1 Å². The number of benzene rings is 5. The van der Waals surface area contributed by atoms with Crippen LogP contribution in [0.5, 0.6) is 0 Å². The molecule has 5 nitrogen and oxygen atoms in total. The van der Waals surface area contributed by atoms with Crippen molar-refractivity contribution in [3.8, 4) is 45.9 Å². The van der Waals surface area contributed by atoms with E-state index < -0.39 is 0 Å². The Balaban J connectivity index is 1.69. The Morgan fingerprint density at radius 1 is 0.475 bits per heavy atom. The first kappa shape index (κ1) is 23.2. The zero-order chi connectivity index (χ0) is 27.1. The summed E-state index contributed by atoms with van der Waals surface area (Å²) in [6.07, 6.45) is 0. The topological polar surface area (TPSA) is 86.2 Å². The Kier molecular flexibility index (Phi) is 5.48. The van der Waals surface area contributed by atoms with Gasteiger partial charge in [-0.05, 0) is 24.3 Å². The number of fused-ring (bicyclic) bond motifs is 5. The van der Waals surface area contributed by atoms with Gasteiger partial charge in [0.05, 0.1) is 56.9 Å². The summed E-state index contributed by atoms with van der Waals surface area (Å²) in [7, 11) is 0. The minimum atomic E-state index is 0.457. The van der Waals surface area contributed by atoms with Crippen LogP contribution in [0.3, 0.4) is 0 Å². The van der Waals surface area contributed by atoms with Crippen LogP contribution in [0.15, 0.2) is 115 Å². The Morgan fingerprint density at radius 3 is 1.80 bits per heavy atom. The van der Waals surface area contributed by atoms with Gasteiger partial charge in [0.25, 0.3) is 0 Å². The summed E-state index contributed by atoms with van der Waals surface area (Å²) < 4.78 is 0. The van der Waals surface area contributed by atoms with Crippen molar-refractivity contribution >= 4 is 32.7 Å². The first-order chi connectivity index (χ1) is 19.7. The summed E-state index contributed by atoms with van der Waals surface area (Å²) in [6.45, 7) is 0. The van der Waals surface area contributed by atoms with Crippen molar-refractivity contribution in [3.05, 3.63) is 126 Å². The van der Waals surface area contributed by atoms with Gasteiger partial charge in [-0.15, -0.1) is 0 Å². The molecule has 0 amide bonds. The lowest BCUT2D eigenvalue weighted by Crippen LogP contribution is -1.99. The second-order valence-corrected chi connectivity index (χ2v) is 9.48. The summed E-state index contributed by atoms with van der Waals surface area (Å²) >= 11 is 0. The molecule has 0 fully saturated rings. The molecular weight excluding hydrogens is 490 g/mol. The molecule has 2 aromatic heterocycles. The lowest BCUT2D eigenvalue weighted by molar-refractivity contribution is 1.30. The van der Waals surface area contributed by atoms with Crippen molar-refractivity contribution in [2.75, 3.05) is 0 Å². The van der Waals surface area contributed by atoms with Crippen LogP contribution in [-0.2, 0) is 0 Å². The van der Waals surface area contributed by atoms with Gasteiger partial charge < -0.3 is 0 Å². The zero-order valence-electron chi connectivity index (χ0n) is 21.2. The first-order valence-electron chi connectivity index (χ1n) is 12.8. The summed E-state index contributed by atoms with van der Waals surface area (Å²) in [5.41, 5.74) is 7.91. The van der Waals surface area contributed by atoms with Gasteiger partial charge >= 0.3 is 0 Å². The Morgan fingerprint density at radius 2 is 1.10 bits per heavy atom. The maximum Gasteiger partial charge on any atom is 0.0999 e. The number of pyridine rings is 1. The minimum Gasteiger partial charge on any atom is -0.247 e. The van der Waals surface area contributed by atoms with Crippen LogP contribution in [0.25, 0.3) is 66.5 Å². The smallest absolute Gasteiger partial charge is 0.0999 e. The van der Waals surface area contributed by atoms with Gasteiger partial charge in [-0.1, -0.05) is 91.0 Å². The molecule has 7 rings (SSSR count). The predicted molar refractivity (Wildman–Crippen MR) is 158 cm³/mol. The fraction of sp³-hybridized carbons (Fsp3) is 0. The quantitative estimate of drug-likeness (QED) is 0.225. The molecule has 0 unspecified atom stereocenters. The van der Waals surface area contributed by atoms with Crippen molar-refractivity contribution in [1.82, 2.24) is 15.0 Å². The molecule has 0 bridgehead atoms. The van der Waals surface area contributed by atoms with Gasteiger partial charge in [-0.25, -0.2) is 15.0 Å². The van der Waals surface area contributed by atoms with Crippen LogP contribution in [0.4, 0.5) is 0 Å². The molecule has 0 spiro atoms. The maximum atomic E-state index is 10.4. The van der Waals surface area contributed by atoms with Crippen molar-refractivity contribution in [3.63, 3.8) is 0 Å². The van der Waals surface area contributed by atoms with Gasteiger partial charge in [0.2, 0.25) is 0 Å². The Labute approximate surface area is 230 Å². The third kappa shape index (κ3) is 3.74. The molecule has 40 heavy (non-hydrogen) atoms. The molecule has 0 radical (unpaired) electrons. The predicted octanol–water partition coefficient (Wildman–Crippen LogP) is 8.08. The minimum absolute atomic E-state index is 0.457. The Hall–Kier alpha value is -5.91. The van der Waals surface area contributed by atoms with Gasteiger partial charge in [-0.3, -0.25) is 0 Å². The van der Waals surface area contributed by atoms with Crippen LogP contribution < -0.4 is 0 Å². The molecule has 0 aliphatic rings. The molecular formula is C35H19N5. The van der Waals surface area contributed by atoms with E-state index in [9.17, 15) is 10.5 Å². The lowest BCUT2D eigenvalue weighted by Gasteiger charge is -2.16. The molecule has 7 aromatic rings. The molecule has 0 N–H and O–H groups in total. The van der Waals surface area contributed by atoms with Gasteiger partial charge in [0.1, 0.15) is 0 Å². The number of rotatable bonds is 3. The largest absolute Gasteiger partial charge is 0.247 e. The highest BCUT2D eigenvalue weighted by Crippen LogP contribution is 2.40. The molecule has 0 saturated carbocycles. The highest BCUT2D eigenvalue weighted by molar-refractivity contribution is 6.22. The fourth-order valence-electron chi connectivity index (χ4n) is 5.29. The third-order valence-corrected chi connectivity index (χ3v) is 7.08. The molecule has 0 atom stereocenters. The second kappa shape index (κ2) is 9.44. The summed E-state index contributed by atoms with van der Waals surface area (Å²) in [5.74, 6) is 0. The standard InChI is InChI=1S/C35H19N5/c36-20-22-10-9-15-25(18-22)32-30-26(21-37)19-29-35(31(30)27-16-7-8-17-28(27)38-32)40-34(24-13-5-2-6-14-24)33(39-29)23-11-3-1-4-12-23/h1-19H. The number of nitrogens with zero attached hydrogens (tertiary/aromatic N) is 5. The molecule has 0 saturated heterocycles. The number of nitriles is 2. The molecule has 5 aromatic carbocycles. The molecule has 2 heterocycles. The zero-order valence-corrected chi connectivity index (χ0v) is 21.2. The van der Waals surface area contributed by atoms with E-state index in [-0.39, 0.29) is 0 Å². The Bertz CT molecular complexity index is 2170. The summed E-state index contributed by atoms with van der Waals surface area (Å²) in [4.78, 5) is 15.4. The summed E-state index contributed by atoms with van der Waals surface area (Å²) in [5, 5.41) is 22.3. The van der Waals surface area contributed by atoms with Crippen LogP contribution in [0.2, 0.25) is 0 Å². The average molecular weight is 510 g/mol. The highest BCUT2D eigenvalue weighted by atomic mass is 14.8. The number of hydrogen-bond donors (Lipinski definition) is 0. The monoisotopic (exact) mass is 509 g/mol. The van der Waals surface area contributed by atoms with Crippen LogP contribution in [-0.4, -0.2) is 15.0 Å². The SMILES string of the molecule is N#Cc1cccc(-c2nc3ccccc3c3c2c(C#N)cc2nc(-c4ccccc4)c(-c4ccccc4)nc23)c1. The van der Waals surface area contributed by atoms with Crippen molar-refractivity contribution in [1.29, 1.82) is 10.5 Å². The molecule has 0 aliphatic carbocycles. The van der Waals surface area contributed by atoms with Crippen LogP contribution in [0, 0.1) is 22.7 Å². The lowest BCUT2D eigenvalue weighted by atomic mass is 9.94. The van der Waals surface area contributed by atoms with E-state index >= 15 is 0 Å². The van der Waals surface area contributed by atoms with Crippen molar-refractivity contribution < 1.29 is 0 Å². The maximum absolute atomic E-state index is 10.4. The van der Waals surface area contributed by atoms with Crippen molar-refractivity contribution in [2.45, 2.75) is 0 Å². The van der Waals surface area contributed by atoms with E-state index in [1.165, 1.54) is 0 Å². The van der Waals surface area contributed by atoms with E-state index in [0.29, 0.717) is 33.2 Å². The average Bonchev–Trinajstić information content (AvgIpc) is 3.04. The van der Waals surface area contributed by atoms with E-state index in [1.807, 2.05) is 103 Å². The number of aromatic nitrogens is 3. The molecule has 0 aliphatic heterocycles. The molecule has 184 valence electrons. The third-order valence-electron chi connectivity index (χ3n) is 7.08. The van der Waals surface area contributed by atoms with E-state index in [4.69, 9.17) is 15.0 Å². The fourth-order valence-corrected chi connectivity index (χ4v) is 5.29. The van der Waals surface area contributed by atoms with Crippen molar-refractivity contribution in [2.24, 2.45) is 0 Å². The number of hydrogen-bond acceptors (Lipinski definition) is 5. The van der Waals surface area contributed by atoms with Crippen LogP contribution >= 0.6 is 0 Å². The normalized spacial score (nSPS) is 10.9. The van der Waals surface area contributed by atoms with E-state index in [0.717, 1.165) is 44.4 Å². The van der Waals surface area contributed by atoms with E-state index in [2.05, 4.69) is 12.1 Å². The van der Waals surface area contributed by atoms with Gasteiger partial charge in [0.15, 0.2) is 0 Å². The first-order valence-corrected chi connectivity index (χ1v) is 12.8. The highest BCUT2D eigenvalue weighted by Gasteiger charge is 2.21. The molecule has 5 heteroatoms. The van der Waals surface area contributed by atoms with Gasteiger partial charge in [0, 0.05) is 32.8 Å². The number of para-hydroxylation sites is 1. The summed E-state index contributed by atoms with van der Waals surface area (Å²) in [6, 6.07) is 41.6. The van der Waals surface area contributed by atoms with Gasteiger partial charge in [-0.2, -0.15) is 10.5 Å².